The van der Waals surface area contributed by atoms with Gasteiger partial charge in [-0.15, -0.1) is 0 Å². The van der Waals surface area contributed by atoms with Crippen LogP contribution < -0.4 is 14.2 Å². The van der Waals surface area contributed by atoms with E-state index in [1.807, 2.05) is 13.0 Å². The number of aryl methyl sites for hydroxylation is 1. The Bertz CT molecular complexity index is 803. The fraction of sp³-hybridized carbons (Fsp3) is 0.263. The fourth-order valence-electron chi connectivity index (χ4n) is 2.16. The Morgan fingerprint density at radius 1 is 0.962 bits per heavy atom. The number of hydrogen-bond donors (Lipinski definition) is 0. The van der Waals surface area contributed by atoms with Gasteiger partial charge in [-0.3, -0.25) is 4.79 Å². The summed E-state index contributed by atoms with van der Waals surface area (Å²) in [5, 5.41) is 0.389. The van der Waals surface area contributed by atoms with Crippen LogP contribution in [0, 0.1) is 6.92 Å². The van der Waals surface area contributed by atoms with Gasteiger partial charge in [0, 0.05) is 0 Å². The average Bonchev–Trinajstić information content (AvgIpc) is 2.66. The lowest BCUT2D eigenvalue weighted by atomic mass is 10.1. The Morgan fingerprint density at radius 2 is 1.73 bits per heavy atom. The Labute approximate surface area is 156 Å². The van der Waals surface area contributed by atoms with Crippen LogP contribution >= 0.6 is 11.6 Å². The number of benzene rings is 2. The Hall–Kier alpha value is -2.73. The van der Waals surface area contributed by atoms with Crippen molar-refractivity contribution in [1.29, 1.82) is 0 Å². The molecule has 0 unspecified atom stereocenters. The van der Waals surface area contributed by atoms with Crippen LogP contribution in [0.2, 0.25) is 5.02 Å². The quantitative estimate of drug-likeness (QED) is 0.517. The van der Waals surface area contributed by atoms with Crippen molar-refractivity contribution >= 4 is 23.4 Å². The lowest BCUT2D eigenvalue weighted by molar-refractivity contribution is -0.144. The first-order valence-corrected chi connectivity index (χ1v) is 8.12. The molecule has 0 N–H and O–H groups in total. The number of halogens is 1. The summed E-state index contributed by atoms with van der Waals surface area (Å²) < 4.78 is 20.5. The van der Waals surface area contributed by atoms with E-state index >= 15 is 0 Å². The van der Waals surface area contributed by atoms with Gasteiger partial charge in [0.05, 0.1) is 24.8 Å². The van der Waals surface area contributed by atoms with E-state index in [1.165, 1.54) is 20.3 Å². The van der Waals surface area contributed by atoms with Crippen molar-refractivity contribution in [3.8, 4) is 17.2 Å². The van der Waals surface area contributed by atoms with Gasteiger partial charge in [-0.25, -0.2) is 4.79 Å². The molecule has 0 atom stereocenters. The van der Waals surface area contributed by atoms with Crippen LogP contribution in [0.5, 0.6) is 17.2 Å². The van der Waals surface area contributed by atoms with Gasteiger partial charge in [0.15, 0.2) is 13.2 Å². The lowest BCUT2D eigenvalue weighted by Gasteiger charge is -2.11. The van der Waals surface area contributed by atoms with E-state index in [0.717, 1.165) is 5.56 Å². The lowest BCUT2D eigenvalue weighted by Crippen LogP contribution is -2.20. The van der Waals surface area contributed by atoms with Crippen LogP contribution in [0.4, 0.5) is 0 Å². The molecule has 0 aliphatic carbocycles. The maximum atomic E-state index is 12.3. The molecular formula is C19H19ClO6. The first-order chi connectivity index (χ1) is 12.4. The van der Waals surface area contributed by atoms with E-state index in [4.69, 9.17) is 30.5 Å². The Kier molecular flexibility index (Phi) is 6.86. The Balaban J connectivity index is 1.93. The van der Waals surface area contributed by atoms with Crippen molar-refractivity contribution in [2.75, 3.05) is 27.4 Å². The van der Waals surface area contributed by atoms with Crippen molar-refractivity contribution < 1.29 is 28.5 Å². The van der Waals surface area contributed by atoms with Crippen LogP contribution in [0.1, 0.15) is 15.9 Å². The van der Waals surface area contributed by atoms with Crippen molar-refractivity contribution in [2.45, 2.75) is 6.92 Å². The number of Topliss-reactive ketones (excluding diaryl/α,β-unsaturated/α-hetero) is 1. The van der Waals surface area contributed by atoms with Crippen LogP contribution in [0.25, 0.3) is 0 Å². The van der Waals surface area contributed by atoms with Gasteiger partial charge in [0.2, 0.25) is 5.78 Å². The summed E-state index contributed by atoms with van der Waals surface area (Å²) in [4.78, 5) is 24.1. The largest absolute Gasteiger partial charge is 0.497 e. The molecule has 2 rings (SSSR count). The molecule has 0 spiro atoms. The summed E-state index contributed by atoms with van der Waals surface area (Å²) in [7, 11) is 2.94. The normalized spacial score (nSPS) is 10.2. The van der Waals surface area contributed by atoms with E-state index < -0.39 is 18.4 Å². The highest BCUT2D eigenvalue weighted by Crippen LogP contribution is 2.26. The predicted molar refractivity (Wildman–Crippen MR) is 96.5 cm³/mol. The maximum Gasteiger partial charge on any atom is 0.344 e. The van der Waals surface area contributed by atoms with E-state index in [0.29, 0.717) is 22.3 Å². The van der Waals surface area contributed by atoms with Gasteiger partial charge in [0.25, 0.3) is 0 Å². The molecule has 138 valence electrons. The molecule has 0 heterocycles. The summed E-state index contributed by atoms with van der Waals surface area (Å²) in [6, 6.07) is 10.0. The molecule has 0 radical (unpaired) electrons. The highest BCUT2D eigenvalue weighted by molar-refractivity contribution is 6.32. The van der Waals surface area contributed by atoms with Crippen molar-refractivity contribution in [3.05, 3.63) is 52.5 Å². The molecule has 0 bridgehead atoms. The second-order valence-corrected chi connectivity index (χ2v) is 5.78. The third kappa shape index (κ3) is 5.13. The highest BCUT2D eigenvalue weighted by atomic mass is 35.5. The van der Waals surface area contributed by atoms with E-state index in [1.54, 1.807) is 24.3 Å². The molecule has 0 aliphatic rings. The molecular weight excluding hydrogens is 360 g/mol. The number of carbonyl (C=O) groups is 2. The number of rotatable bonds is 8. The third-order valence-electron chi connectivity index (χ3n) is 3.50. The minimum absolute atomic E-state index is 0.266. The topological polar surface area (TPSA) is 71.1 Å². The van der Waals surface area contributed by atoms with Crippen molar-refractivity contribution in [3.63, 3.8) is 0 Å². The highest BCUT2D eigenvalue weighted by Gasteiger charge is 2.16. The van der Waals surface area contributed by atoms with Gasteiger partial charge in [-0.05, 0) is 42.8 Å². The number of esters is 1. The predicted octanol–water partition coefficient (Wildman–Crippen LogP) is 3.47. The number of methoxy groups -OCH3 is 2. The molecule has 0 fully saturated rings. The first-order valence-electron chi connectivity index (χ1n) is 7.74. The van der Waals surface area contributed by atoms with Gasteiger partial charge < -0.3 is 18.9 Å². The first kappa shape index (κ1) is 19.6. The van der Waals surface area contributed by atoms with E-state index in [-0.39, 0.29) is 12.2 Å². The van der Waals surface area contributed by atoms with Crippen LogP contribution in [-0.4, -0.2) is 39.2 Å². The molecule has 6 nitrogen and oxygen atoms in total. The van der Waals surface area contributed by atoms with Gasteiger partial charge in [-0.2, -0.15) is 0 Å². The minimum atomic E-state index is -0.683. The number of hydrogen-bond acceptors (Lipinski definition) is 6. The second-order valence-electron chi connectivity index (χ2n) is 5.37. The zero-order valence-corrected chi connectivity index (χ0v) is 15.5. The van der Waals surface area contributed by atoms with E-state index in [9.17, 15) is 9.59 Å². The zero-order valence-electron chi connectivity index (χ0n) is 14.7. The average molecular weight is 379 g/mol. The van der Waals surface area contributed by atoms with Crippen LogP contribution in [0.15, 0.2) is 36.4 Å². The smallest absolute Gasteiger partial charge is 0.344 e. The second kappa shape index (κ2) is 9.10. The molecule has 0 saturated heterocycles. The zero-order chi connectivity index (χ0) is 19.1. The van der Waals surface area contributed by atoms with Gasteiger partial charge in [-0.1, -0.05) is 17.7 Å². The van der Waals surface area contributed by atoms with Gasteiger partial charge >= 0.3 is 5.97 Å². The molecule has 0 saturated carbocycles. The van der Waals surface area contributed by atoms with Crippen molar-refractivity contribution in [1.82, 2.24) is 0 Å². The molecule has 7 heteroatoms. The maximum absolute atomic E-state index is 12.3. The molecule has 26 heavy (non-hydrogen) atoms. The van der Waals surface area contributed by atoms with Crippen LogP contribution in [0.3, 0.4) is 0 Å². The summed E-state index contributed by atoms with van der Waals surface area (Å²) >= 11 is 5.99. The summed E-state index contributed by atoms with van der Waals surface area (Å²) in [6.45, 7) is 1.08. The SMILES string of the molecule is COc1ccc(OC)c(C(=O)COC(=O)COc2cc(C)ccc2Cl)c1. The minimum Gasteiger partial charge on any atom is -0.497 e. The van der Waals surface area contributed by atoms with Gasteiger partial charge in [0.1, 0.15) is 17.2 Å². The molecule has 2 aromatic carbocycles. The standard InChI is InChI=1S/C19H19ClO6/c1-12-4-6-15(20)18(8-12)25-11-19(22)26-10-16(21)14-9-13(23-2)5-7-17(14)24-3/h4-9H,10-11H2,1-3H3. The van der Waals surface area contributed by atoms with Crippen LogP contribution in [-0.2, 0) is 9.53 Å². The molecule has 0 amide bonds. The number of ketones is 1. The summed E-state index contributed by atoms with van der Waals surface area (Å²) in [5.41, 5.74) is 1.21. The third-order valence-corrected chi connectivity index (χ3v) is 3.82. The molecule has 0 aromatic heterocycles. The molecule has 0 aliphatic heterocycles. The summed E-state index contributed by atoms with van der Waals surface area (Å²) in [6.07, 6.45) is 0. The van der Waals surface area contributed by atoms with E-state index in [2.05, 4.69) is 0 Å². The Morgan fingerprint density at radius 3 is 2.42 bits per heavy atom. The fourth-order valence-corrected chi connectivity index (χ4v) is 2.33. The van der Waals surface area contributed by atoms with Crippen molar-refractivity contribution in [2.24, 2.45) is 0 Å². The monoisotopic (exact) mass is 378 g/mol. The number of carbonyl (C=O) groups excluding carboxylic acids is 2. The number of ether oxygens (including phenoxy) is 4. The molecule has 2 aromatic rings. The summed E-state index contributed by atoms with van der Waals surface area (Å²) in [5.74, 6) is 0.150.